The van der Waals surface area contributed by atoms with Crippen LogP contribution in [-0.2, 0) is 0 Å². The summed E-state index contributed by atoms with van der Waals surface area (Å²) in [5.41, 5.74) is 6.66. The average Bonchev–Trinajstić information content (AvgIpc) is 2.62. The zero-order chi connectivity index (χ0) is 16.9. The fourth-order valence-electron chi connectivity index (χ4n) is 3.04. The Bertz CT molecular complexity index is 688. The van der Waals surface area contributed by atoms with E-state index in [2.05, 4.69) is 4.98 Å². The lowest BCUT2D eigenvalue weighted by molar-refractivity contribution is 0.0660. The van der Waals surface area contributed by atoms with Crippen LogP contribution in [0.3, 0.4) is 0 Å². The first-order valence-electron chi connectivity index (χ1n) is 8.36. The number of hydrogen-bond donors (Lipinski definition) is 1. The van der Waals surface area contributed by atoms with Crippen LogP contribution in [0.25, 0.3) is 0 Å². The number of likely N-dealkylation sites (tertiary alicyclic amines) is 1. The van der Waals surface area contributed by atoms with Crippen LogP contribution in [-0.4, -0.2) is 34.9 Å². The van der Waals surface area contributed by atoms with Gasteiger partial charge < -0.3 is 15.4 Å². The Hall–Kier alpha value is -2.40. The molecule has 0 unspecified atom stereocenters. The highest BCUT2D eigenvalue weighted by molar-refractivity contribution is 5.94. The van der Waals surface area contributed by atoms with Crippen molar-refractivity contribution in [1.82, 2.24) is 9.88 Å². The number of ether oxygens (including phenoxy) is 1. The summed E-state index contributed by atoms with van der Waals surface area (Å²) >= 11 is 0. The Morgan fingerprint density at radius 1 is 1.29 bits per heavy atom. The highest BCUT2D eigenvalue weighted by Gasteiger charge is 2.26. The Kier molecular flexibility index (Phi) is 5.11. The molecule has 0 aliphatic carbocycles. The molecule has 3 rings (SSSR count). The Morgan fingerprint density at radius 2 is 2.08 bits per heavy atom. The molecule has 1 aromatic heterocycles. The number of pyridine rings is 1. The minimum absolute atomic E-state index is 0.0422. The van der Waals surface area contributed by atoms with Gasteiger partial charge in [-0.05, 0) is 56.0 Å². The van der Waals surface area contributed by atoms with Gasteiger partial charge in [0.15, 0.2) is 0 Å². The summed E-state index contributed by atoms with van der Waals surface area (Å²) in [6.45, 7) is 3.53. The first-order chi connectivity index (χ1) is 11.6. The highest BCUT2D eigenvalue weighted by atomic mass is 16.5. The van der Waals surface area contributed by atoms with Gasteiger partial charge in [-0.25, -0.2) is 0 Å². The Labute approximate surface area is 142 Å². The molecule has 0 bridgehead atoms. The number of hydrogen-bond acceptors (Lipinski definition) is 4. The summed E-state index contributed by atoms with van der Waals surface area (Å²) in [7, 11) is 0. The van der Waals surface area contributed by atoms with Crippen LogP contribution in [0.1, 0.15) is 30.1 Å². The molecule has 5 heteroatoms. The van der Waals surface area contributed by atoms with Gasteiger partial charge in [-0.2, -0.15) is 0 Å². The van der Waals surface area contributed by atoms with Crippen molar-refractivity contribution in [2.75, 3.05) is 13.1 Å². The van der Waals surface area contributed by atoms with Crippen molar-refractivity contribution < 1.29 is 9.53 Å². The number of aromatic nitrogens is 1. The summed E-state index contributed by atoms with van der Waals surface area (Å²) < 4.78 is 5.79. The molecule has 2 atom stereocenters. The van der Waals surface area contributed by atoms with Crippen molar-refractivity contribution in [3.63, 3.8) is 0 Å². The topological polar surface area (TPSA) is 68.5 Å². The lowest BCUT2D eigenvalue weighted by atomic mass is 9.92. The lowest BCUT2D eigenvalue weighted by Gasteiger charge is -2.34. The summed E-state index contributed by atoms with van der Waals surface area (Å²) in [4.78, 5) is 18.7. The van der Waals surface area contributed by atoms with Crippen LogP contribution in [0, 0.1) is 5.92 Å². The van der Waals surface area contributed by atoms with Gasteiger partial charge in [0.05, 0.1) is 0 Å². The fraction of sp³-hybridized carbons (Fsp3) is 0.368. The van der Waals surface area contributed by atoms with Gasteiger partial charge in [0, 0.05) is 37.1 Å². The van der Waals surface area contributed by atoms with E-state index in [4.69, 9.17) is 10.5 Å². The third-order valence-corrected chi connectivity index (χ3v) is 4.46. The van der Waals surface area contributed by atoms with E-state index in [1.807, 2.05) is 30.0 Å². The second-order valence-electron chi connectivity index (χ2n) is 6.33. The molecule has 5 nitrogen and oxygen atoms in total. The van der Waals surface area contributed by atoms with Crippen molar-refractivity contribution in [3.8, 4) is 11.5 Å². The largest absolute Gasteiger partial charge is 0.457 e. The number of nitrogens with two attached hydrogens (primary N) is 1. The van der Waals surface area contributed by atoms with E-state index in [9.17, 15) is 4.79 Å². The molecule has 0 saturated carbocycles. The van der Waals surface area contributed by atoms with E-state index in [1.54, 1.807) is 30.6 Å². The molecule has 1 aliphatic heterocycles. The fourth-order valence-corrected chi connectivity index (χ4v) is 3.04. The second-order valence-corrected chi connectivity index (χ2v) is 6.33. The second kappa shape index (κ2) is 7.45. The third-order valence-electron chi connectivity index (χ3n) is 4.46. The third kappa shape index (κ3) is 3.92. The van der Waals surface area contributed by atoms with Gasteiger partial charge in [0.2, 0.25) is 0 Å². The quantitative estimate of drug-likeness (QED) is 0.938. The van der Waals surface area contributed by atoms with Crippen LogP contribution in [0.15, 0.2) is 48.8 Å². The summed E-state index contributed by atoms with van der Waals surface area (Å²) in [6, 6.07) is 11.0. The van der Waals surface area contributed by atoms with Gasteiger partial charge in [0.1, 0.15) is 11.5 Å². The molecule has 126 valence electrons. The van der Waals surface area contributed by atoms with Gasteiger partial charge in [-0.15, -0.1) is 0 Å². The highest BCUT2D eigenvalue weighted by Crippen LogP contribution is 2.24. The van der Waals surface area contributed by atoms with E-state index in [1.165, 1.54) is 0 Å². The predicted octanol–water partition coefficient (Wildman–Crippen LogP) is 3.07. The molecule has 1 amide bonds. The van der Waals surface area contributed by atoms with E-state index in [0.717, 1.165) is 25.9 Å². The number of piperidine rings is 1. The summed E-state index contributed by atoms with van der Waals surface area (Å²) in [5.74, 6) is 1.76. The first-order valence-corrected chi connectivity index (χ1v) is 8.36. The number of benzene rings is 1. The molecule has 1 aromatic carbocycles. The van der Waals surface area contributed by atoms with Crippen molar-refractivity contribution in [1.29, 1.82) is 0 Å². The maximum atomic E-state index is 12.8. The monoisotopic (exact) mass is 325 g/mol. The minimum atomic E-state index is 0.0422. The molecule has 2 aromatic rings. The van der Waals surface area contributed by atoms with Crippen LogP contribution >= 0.6 is 0 Å². The average molecular weight is 325 g/mol. The minimum Gasteiger partial charge on any atom is -0.457 e. The van der Waals surface area contributed by atoms with Crippen LogP contribution in [0.4, 0.5) is 0 Å². The molecule has 1 saturated heterocycles. The van der Waals surface area contributed by atoms with Crippen molar-refractivity contribution in [2.24, 2.45) is 11.7 Å². The first kappa shape index (κ1) is 16.5. The van der Waals surface area contributed by atoms with E-state index >= 15 is 0 Å². The number of carbonyl (C=O) groups is 1. The zero-order valence-electron chi connectivity index (χ0n) is 13.9. The molecular weight excluding hydrogens is 302 g/mol. The molecule has 24 heavy (non-hydrogen) atoms. The maximum absolute atomic E-state index is 12.8. The summed E-state index contributed by atoms with van der Waals surface area (Å²) in [6.07, 6.45) is 5.44. The van der Waals surface area contributed by atoms with Crippen LogP contribution in [0.5, 0.6) is 11.5 Å². The van der Waals surface area contributed by atoms with Gasteiger partial charge in [0.25, 0.3) is 5.91 Å². The van der Waals surface area contributed by atoms with Crippen molar-refractivity contribution in [3.05, 3.63) is 54.4 Å². The normalized spacial score (nSPS) is 18.9. The van der Waals surface area contributed by atoms with Gasteiger partial charge in [-0.1, -0.05) is 6.07 Å². The zero-order valence-corrected chi connectivity index (χ0v) is 13.9. The van der Waals surface area contributed by atoms with Gasteiger partial charge >= 0.3 is 0 Å². The molecule has 0 spiro atoms. The SMILES string of the molecule is C[C@H](N)[C@H]1CCCN(C(=O)c2cccc(Oc3ccncc3)c2)C1. The van der Waals surface area contributed by atoms with E-state index < -0.39 is 0 Å². The van der Waals surface area contributed by atoms with Crippen LogP contribution < -0.4 is 10.5 Å². The van der Waals surface area contributed by atoms with Crippen molar-refractivity contribution in [2.45, 2.75) is 25.8 Å². The Balaban J connectivity index is 1.72. The smallest absolute Gasteiger partial charge is 0.253 e. The molecule has 1 aliphatic rings. The van der Waals surface area contributed by atoms with Crippen molar-refractivity contribution >= 4 is 5.91 Å². The number of carbonyl (C=O) groups excluding carboxylic acids is 1. The molecular formula is C19H23N3O2. The van der Waals surface area contributed by atoms with E-state index in [0.29, 0.717) is 23.0 Å². The van der Waals surface area contributed by atoms with Gasteiger partial charge in [-0.3, -0.25) is 9.78 Å². The lowest BCUT2D eigenvalue weighted by Crippen LogP contribution is -2.45. The molecule has 1 fully saturated rings. The number of amides is 1. The Morgan fingerprint density at radius 3 is 2.83 bits per heavy atom. The molecule has 2 heterocycles. The predicted molar refractivity (Wildman–Crippen MR) is 93.0 cm³/mol. The standard InChI is InChI=1S/C19H23N3O2/c1-14(20)16-5-3-11-22(13-16)19(23)15-4-2-6-18(12-15)24-17-7-9-21-10-8-17/h2,4,6-10,12,14,16H,3,5,11,13,20H2,1H3/t14-,16-/m0/s1. The van der Waals surface area contributed by atoms with E-state index in [-0.39, 0.29) is 11.9 Å². The summed E-state index contributed by atoms with van der Waals surface area (Å²) in [5, 5.41) is 0. The molecule has 0 radical (unpaired) electrons. The van der Waals surface area contributed by atoms with Crippen LogP contribution in [0.2, 0.25) is 0 Å². The number of nitrogens with zero attached hydrogens (tertiary/aromatic N) is 2. The number of rotatable bonds is 4. The maximum Gasteiger partial charge on any atom is 0.253 e. The molecule has 2 N–H and O–H groups in total.